The maximum atomic E-state index is 13.0. The predicted molar refractivity (Wildman–Crippen MR) is 137 cm³/mol. The summed E-state index contributed by atoms with van der Waals surface area (Å²) in [5.41, 5.74) is 2.99. The summed E-state index contributed by atoms with van der Waals surface area (Å²) in [4.78, 5) is 34.1. The summed E-state index contributed by atoms with van der Waals surface area (Å²) in [7, 11) is 0. The number of ether oxygens (including phenoxy) is 2. The van der Waals surface area contributed by atoms with Crippen molar-refractivity contribution in [1.29, 1.82) is 0 Å². The van der Waals surface area contributed by atoms with Gasteiger partial charge in [0.25, 0.3) is 5.91 Å². The van der Waals surface area contributed by atoms with E-state index < -0.39 is 18.5 Å². The normalized spacial score (nSPS) is 10.6. The summed E-state index contributed by atoms with van der Waals surface area (Å²) in [5.74, 6) is 0.301. The third kappa shape index (κ3) is 5.37. The molecule has 7 heteroatoms. The number of esters is 1. The highest BCUT2D eigenvalue weighted by Gasteiger charge is 2.16. The van der Waals surface area contributed by atoms with Gasteiger partial charge >= 0.3 is 5.97 Å². The highest BCUT2D eigenvalue weighted by molar-refractivity contribution is 6.05. The van der Waals surface area contributed by atoms with Crippen molar-refractivity contribution in [2.45, 2.75) is 0 Å². The molecule has 0 aliphatic carbocycles. The second kappa shape index (κ2) is 10.5. The zero-order chi connectivity index (χ0) is 24.7. The summed E-state index contributed by atoms with van der Waals surface area (Å²) >= 11 is 0. The third-order valence-electron chi connectivity index (χ3n) is 5.36. The number of aromatic nitrogens is 2. The fourth-order valence-corrected chi connectivity index (χ4v) is 3.65. The molecule has 0 saturated carbocycles. The van der Waals surface area contributed by atoms with Crippen LogP contribution in [0.25, 0.3) is 22.2 Å². The van der Waals surface area contributed by atoms with Crippen LogP contribution < -0.4 is 10.1 Å². The number of benzene rings is 3. The minimum absolute atomic E-state index is 0.336. The van der Waals surface area contributed by atoms with E-state index in [4.69, 9.17) is 9.47 Å². The van der Waals surface area contributed by atoms with Crippen LogP contribution in [0.15, 0.2) is 109 Å². The lowest BCUT2D eigenvalue weighted by Gasteiger charge is -2.11. The molecule has 2 heterocycles. The highest BCUT2D eigenvalue weighted by Crippen LogP contribution is 2.25. The van der Waals surface area contributed by atoms with Crippen molar-refractivity contribution in [3.8, 4) is 22.8 Å². The maximum absolute atomic E-state index is 13.0. The number of hydrogen-bond donors (Lipinski definition) is 1. The van der Waals surface area contributed by atoms with Crippen molar-refractivity contribution in [3.63, 3.8) is 0 Å². The van der Waals surface area contributed by atoms with Crippen molar-refractivity contribution in [2.24, 2.45) is 0 Å². The lowest BCUT2D eigenvalue weighted by atomic mass is 10.0. The Labute approximate surface area is 207 Å². The molecule has 36 heavy (non-hydrogen) atoms. The largest absolute Gasteiger partial charge is 0.457 e. The number of nitrogens with one attached hydrogen (secondary N) is 1. The molecule has 5 rings (SSSR count). The molecular formula is C29H21N3O4. The number of fused-ring (bicyclic) bond motifs is 1. The Kier molecular flexibility index (Phi) is 6.62. The topological polar surface area (TPSA) is 90.4 Å². The van der Waals surface area contributed by atoms with E-state index in [9.17, 15) is 9.59 Å². The first-order valence-electron chi connectivity index (χ1n) is 11.3. The van der Waals surface area contributed by atoms with Crippen LogP contribution in [-0.4, -0.2) is 28.5 Å². The first kappa shape index (κ1) is 22.7. The summed E-state index contributed by atoms with van der Waals surface area (Å²) < 4.78 is 11.1. The molecule has 0 unspecified atom stereocenters. The first-order chi connectivity index (χ1) is 17.7. The minimum atomic E-state index is -0.606. The number of carbonyl (C=O) groups excluding carboxylic acids is 2. The molecule has 0 bridgehead atoms. The second-order valence-electron chi connectivity index (χ2n) is 7.87. The molecule has 0 aliphatic rings. The molecule has 1 N–H and O–H groups in total. The molecule has 0 spiro atoms. The van der Waals surface area contributed by atoms with Gasteiger partial charge in [-0.3, -0.25) is 9.78 Å². The number of rotatable bonds is 7. The van der Waals surface area contributed by atoms with Crippen LogP contribution in [0.2, 0.25) is 0 Å². The standard InChI is InChI=1S/C29H21N3O4/c33-28(31-21-10-12-23(13-11-21)36-22-6-2-1-3-7-22)19-35-29(34)25-18-27(20-14-16-30-17-15-20)32-26-9-5-4-8-24(25)26/h1-18H,19H2,(H,31,33). The molecule has 3 aromatic carbocycles. The van der Waals surface area contributed by atoms with Gasteiger partial charge in [0.05, 0.1) is 16.8 Å². The van der Waals surface area contributed by atoms with E-state index in [1.165, 1.54) is 0 Å². The van der Waals surface area contributed by atoms with Crippen molar-refractivity contribution in [1.82, 2.24) is 9.97 Å². The molecule has 5 aromatic rings. The van der Waals surface area contributed by atoms with Gasteiger partial charge in [-0.05, 0) is 60.7 Å². The average molecular weight is 476 g/mol. The van der Waals surface area contributed by atoms with Gasteiger partial charge in [-0.15, -0.1) is 0 Å². The van der Waals surface area contributed by atoms with Crippen LogP contribution in [0.5, 0.6) is 11.5 Å². The molecule has 0 saturated heterocycles. The Balaban J connectivity index is 1.25. The van der Waals surface area contributed by atoms with Gasteiger partial charge in [0.1, 0.15) is 11.5 Å². The van der Waals surface area contributed by atoms with E-state index in [0.717, 1.165) is 11.3 Å². The first-order valence-corrected chi connectivity index (χ1v) is 11.3. The van der Waals surface area contributed by atoms with Gasteiger partial charge in [0.2, 0.25) is 0 Å². The van der Waals surface area contributed by atoms with Gasteiger partial charge in [-0.25, -0.2) is 9.78 Å². The lowest BCUT2D eigenvalue weighted by molar-refractivity contribution is -0.119. The van der Waals surface area contributed by atoms with Crippen molar-refractivity contribution >= 4 is 28.5 Å². The molecule has 0 radical (unpaired) electrons. The number of anilines is 1. The lowest BCUT2D eigenvalue weighted by Crippen LogP contribution is -2.21. The van der Waals surface area contributed by atoms with Crippen molar-refractivity contribution in [3.05, 3.63) is 115 Å². The summed E-state index contributed by atoms with van der Waals surface area (Å²) in [6, 6.07) is 28.9. The maximum Gasteiger partial charge on any atom is 0.339 e. The average Bonchev–Trinajstić information content (AvgIpc) is 2.93. The number of amides is 1. The fraction of sp³-hybridized carbons (Fsp3) is 0.0345. The zero-order valence-corrected chi connectivity index (χ0v) is 19.1. The SMILES string of the molecule is O=C(COC(=O)c1cc(-c2ccncc2)nc2ccccc12)Nc1ccc(Oc2ccccc2)cc1. The highest BCUT2D eigenvalue weighted by atomic mass is 16.5. The monoisotopic (exact) mass is 475 g/mol. The Hall–Kier alpha value is -5.04. The molecule has 0 atom stereocenters. The quantitative estimate of drug-likeness (QED) is 0.296. The number of para-hydroxylation sites is 2. The van der Waals surface area contributed by atoms with Crippen LogP contribution in [0, 0.1) is 0 Å². The molecule has 0 aliphatic heterocycles. The molecule has 1 amide bonds. The van der Waals surface area contributed by atoms with E-state index >= 15 is 0 Å². The number of carbonyl (C=O) groups is 2. The molecule has 0 fully saturated rings. The summed E-state index contributed by atoms with van der Waals surface area (Å²) in [5, 5.41) is 3.37. The summed E-state index contributed by atoms with van der Waals surface area (Å²) in [6.45, 7) is -0.428. The number of hydrogen-bond acceptors (Lipinski definition) is 6. The molecular weight excluding hydrogens is 454 g/mol. The van der Waals surface area contributed by atoms with Gasteiger partial charge in [-0.2, -0.15) is 0 Å². The van der Waals surface area contributed by atoms with E-state index in [0.29, 0.717) is 33.6 Å². The summed E-state index contributed by atoms with van der Waals surface area (Å²) in [6.07, 6.45) is 3.32. The van der Waals surface area contributed by atoms with Gasteiger partial charge in [0, 0.05) is 29.0 Å². The van der Waals surface area contributed by atoms with Gasteiger partial charge in [0.15, 0.2) is 6.61 Å². The molecule has 176 valence electrons. The van der Waals surface area contributed by atoms with Crippen LogP contribution >= 0.6 is 0 Å². The van der Waals surface area contributed by atoms with Crippen LogP contribution in [0.3, 0.4) is 0 Å². The van der Waals surface area contributed by atoms with Gasteiger partial charge in [-0.1, -0.05) is 36.4 Å². The molecule has 7 nitrogen and oxygen atoms in total. The molecule has 2 aromatic heterocycles. The Morgan fingerprint density at radius 3 is 2.25 bits per heavy atom. The van der Waals surface area contributed by atoms with E-state index in [1.807, 2.05) is 60.7 Å². The van der Waals surface area contributed by atoms with Crippen LogP contribution in [-0.2, 0) is 9.53 Å². The van der Waals surface area contributed by atoms with E-state index in [1.54, 1.807) is 48.8 Å². The van der Waals surface area contributed by atoms with Gasteiger partial charge < -0.3 is 14.8 Å². The van der Waals surface area contributed by atoms with E-state index in [-0.39, 0.29) is 0 Å². The minimum Gasteiger partial charge on any atom is -0.457 e. The third-order valence-corrected chi connectivity index (χ3v) is 5.36. The van der Waals surface area contributed by atoms with Crippen molar-refractivity contribution < 1.29 is 19.1 Å². The van der Waals surface area contributed by atoms with Crippen molar-refractivity contribution in [2.75, 3.05) is 11.9 Å². The predicted octanol–water partition coefficient (Wildman–Crippen LogP) is 5.88. The second-order valence-corrected chi connectivity index (χ2v) is 7.87. The Morgan fingerprint density at radius 2 is 1.47 bits per heavy atom. The smallest absolute Gasteiger partial charge is 0.339 e. The number of nitrogens with zero attached hydrogens (tertiary/aromatic N) is 2. The Morgan fingerprint density at radius 1 is 0.778 bits per heavy atom. The zero-order valence-electron chi connectivity index (χ0n) is 19.1. The van der Waals surface area contributed by atoms with Crippen LogP contribution in [0.4, 0.5) is 5.69 Å². The number of pyridine rings is 2. The Bertz CT molecular complexity index is 1500. The fourth-order valence-electron chi connectivity index (χ4n) is 3.65. The van der Waals surface area contributed by atoms with Crippen LogP contribution in [0.1, 0.15) is 10.4 Å². The van der Waals surface area contributed by atoms with E-state index in [2.05, 4.69) is 15.3 Å².